The molecule has 10 heteroatoms. The first-order valence-electron chi connectivity index (χ1n) is 5.58. The molecule has 118 valence electrons. The second-order valence-corrected chi connectivity index (χ2v) is 4.98. The summed E-state index contributed by atoms with van der Waals surface area (Å²) in [5.41, 5.74) is -3.85. The molecule has 22 heavy (non-hydrogen) atoms. The van der Waals surface area contributed by atoms with Crippen molar-refractivity contribution in [2.24, 2.45) is 0 Å². The lowest BCUT2D eigenvalue weighted by Crippen LogP contribution is -2.17. The fourth-order valence-corrected chi connectivity index (χ4v) is 2.06. The third-order valence-electron chi connectivity index (χ3n) is 2.50. The summed E-state index contributed by atoms with van der Waals surface area (Å²) in [5, 5.41) is 3.68. The highest BCUT2D eigenvalue weighted by atomic mass is 32.1. The standard InChI is InChI=1S/C12H6F6N2OS/c13-11(14,15)7-3-6(4-8(5-7)12(16,17)18)9(21)20-10-19-1-2-22-10/h1-5H,(H,19,20,21). The van der Waals surface area contributed by atoms with Gasteiger partial charge in [0.1, 0.15) is 0 Å². The number of halogens is 6. The number of carbonyl (C=O) groups excluding carboxylic acids is 1. The predicted octanol–water partition coefficient (Wildman–Crippen LogP) is 4.43. The van der Waals surface area contributed by atoms with Gasteiger partial charge in [0.25, 0.3) is 5.91 Å². The summed E-state index contributed by atoms with van der Waals surface area (Å²) in [6, 6.07) is 0.677. The van der Waals surface area contributed by atoms with Gasteiger partial charge in [0.05, 0.1) is 11.1 Å². The van der Waals surface area contributed by atoms with Crippen LogP contribution in [0.25, 0.3) is 0 Å². The zero-order valence-corrected chi connectivity index (χ0v) is 11.2. The van der Waals surface area contributed by atoms with E-state index in [1.807, 2.05) is 0 Å². The number of rotatable bonds is 2. The topological polar surface area (TPSA) is 42.0 Å². The van der Waals surface area contributed by atoms with Crippen molar-refractivity contribution in [1.29, 1.82) is 0 Å². The van der Waals surface area contributed by atoms with E-state index in [0.29, 0.717) is 12.1 Å². The number of hydrogen-bond acceptors (Lipinski definition) is 3. The van der Waals surface area contributed by atoms with Crippen molar-refractivity contribution in [3.63, 3.8) is 0 Å². The molecule has 0 atom stereocenters. The van der Waals surface area contributed by atoms with Gasteiger partial charge in [0, 0.05) is 17.1 Å². The van der Waals surface area contributed by atoms with E-state index in [1.165, 1.54) is 11.6 Å². The van der Waals surface area contributed by atoms with E-state index < -0.39 is 35.0 Å². The molecule has 0 spiro atoms. The van der Waals surface area contributed by atoms with Gasteiger partial charge in [0.2, 0.25) is 0 Å². The molecule has 0 saturated carbocycles. The first-order valence-corrected chi connectivity index (χ1v) is 6.45. The molecule has 2 aromatic rings. The van der Waals surface area contributed by atoms with Crippen LogP contribution in [-0.4, -0.2) is 10.9 Å². The Bertz CT molecular complexity index is 646. The Morgan fingerprint density at radius 2 is 1.55 bits per heavy atom. The molecule has 3 nitrogen and oxygen atoms in total. The summed E-state index contributed by atoms with van der Waals surface area (Å²) in [5.74, 6) is -1.11. The molecule has 1 aromatic carbocycles. The maximum Gasteiger partial charge on any atom is 0.416 e. The van der Waals surface area contributed by atoms with Crippen molar-refractivity contribution < 1.29 is 31.1 Å². The third kappa shape index (κ3) is 3.75. The van der Waals surface area contributed by atoms with Crippen LogP contribution in [0.4, 0.5) is 31.5 Å². The largest absolute Gasteiger partial charge is 0.416 e. The van der Waals surface area contributed by atoms with E-state index >= 15 is 0 Å². The van der Waals surface area contributed by atoms with Crippen LogP contribution in [0.5, 0.6) is 0 Å². The minimum Gasteiger partial charge on any atom is -0.298 e. The highest BCUT2D eigenvalue weighted by Gasteiger charge is 2.37. The van der Waals surface area contributed by atoms with Crippen molar-refractivity contribution in [3.05, 3.63) is 46.5 Å². The molecule has 0 fully saturated rings. The Hall–Kier alpha value is -2.10. The summed E-state index contributed by atoms with van der Waals surface area (Å²) in [4.78, 5) is 15.5. The van der Waals surface area contributed by atoms with Gasteiger partial charge in [-0.25, -0.2) is 4.98 Å². The van der Waals surface area contributed by atoms with Gasteiger partial charge in [-0.2, -0.15) is 26.3 Å². The highest BCUT2D eigenvalue weighted by Crippen LogP contribution is 2.36. The van der Waals surface area contributed by atoms with E-state index in [1.54, 1.807) is 0 Å². The van der Waals surface area contributed by atoms with Crippen LogP contribution in [0.2, 0.25) is 0 Å². The number of amides is 1. The molecule has 0 aliphatic rings. The van der Waals surface area contributed by atoms with E-state index in [-0.39, 0.29) is 11.2 Å². The number of thiazole rings is 1. The molecule has 0 aliphatic carbocycles. The Labute approximate surface area is 123 Å². The molecule has 1 amide bonds. The number of carbonyl (C=O) groups is 1. The van der Waals surface area contributed by atoms with Crippen LogP contribution in [0.15, 0.2) is 29.8 Å². The smallest absolute Gasteiger partial charge is 0.298 e. The predicted molar refractivity (Wildman–Crippen MR) is 66.5 cm³/mol. The van der Waals surface area contributed by atoms with Crippen LogP contribution >= 0.6 is 11.3 Å². The van der Waals surface area contributed by atoms with Crippen LogP contribution in [0.1, 0.15) is 21.5 Å². The normalized spacial score (nSPS) is 12.3. The molecule has 0 unspecified atom stereocenters. The quantitative estimate of drug-likeness (QED) is 0.822. The number of nitrogens with zero attached hydrogens (tertiary/aromatic N) is 1. The molecule has 1 aromatic heterocycles. The van der Waals surface area contributed by atoms with Gasteiger partial charge in [-0.15, -0.1) is 11.3 Å². The summed E-state index contributed by atoms with van der Waals surface area (Å²) >= 11 is 0.978. The molecule has 2 rings (SSSR count). The van der Waals surface area contributed by atoms with Gasteiger partial charge in [-0.3, -0.25) is 10.1 Å². The molecule has 0 aliphatic heterocycles. The third-order valence-corrected chi connectivity index (χ3v) is 3.19. The fraction of sp³-hybridized carbons (Fsp3) is 0.167. The van der Waals surface area contributed by atoms with Gasteiger partial charge in [0.15, 0.2) is 5.13 Å². The average molecular weight is 340 g/mol. The number of hydrogen-bond donors (Lipinski definition) is 1. The second kappa shape index (κ2) is 5.59. The van der Waals surface area contributed by atoms with Crippen LogP contribution < -0.4 is 5.32 Å². The van der Waals surface area contributed by atoms with Crippen LogP contribution in [-0.2, 0) is 12.4 Å². The number of aromatic nitrogens is 1. The number of nitrogens with one attached hydrogen (secondary N) is 1. The van der Waals surface area contributed by atoms with Crippen molar-refractivity contribution >= 4 is 22.4 Å². The molecular formula is C12H6F6N2OS. The van der Waals surface area contributed by atoms with Crippen molar-refractivity contribution in [3.8, 4) is 0 Å². The Balaban J connectivity index is 2.44. The lowest BCUT2D eigenvalue weighted by atomic mass is 10.0. The Morgan fingerprint density at radius 1 is 1.00 bits per heavy atom. The average Bonchev–Trinajstić information content (AvgIpc) is 2.89. The zero-order chi connectivity index (χ0) is 16.5. The molecule has 1 heterocycles. The first kappa shape index (κ1) is 16.3. The zero-order valence-electron chi connectivity index (χ0n) is 10.4. The lowest BCUT2D eigenvalue weighted by Gasteiger charge is -2.13. The molecule has 0 saturated heterocycles. The van der Waals surface area contributed by atoms with E-state index in [9.17, 15) is 31.1 Å². The Kier molecular flexibility index (Phi) is 4.14. The monoisotopic (exact) mass is 340 g/mol. The van der Waals surface area contributed by atoms with Crippen molar-refractivity contribution in [2.75, 3.05) is 5.32 Å². The summed E-state index contributed by atoms with van der Waals surface area (Å²) in [6.07, 6.45) is -8.68. The van der Waals surface area contributed by atoms with Gasteiger partial charge in [-0.1, -0.05) is 0 Å². The second-order valence-electron chi connectivity index (χ2n) is 4.09. The first-order chi connectivity index (χ1) is 10.1. The fourth-order valence-electron chi connectivity index (χ4n) is 1.54. The van der Waals surface area contributed by atoms with E-state index in [4.69, 9.17) is 0 Å². The maximum atomic E-state index is 12.7. The minimum atomic E-state index is -5.00. The van der Waals surface area contributed by atoms with Gasteiger partial charge < -0.3 is 0 Å². The van der Waals surface area contributed by atoms with Gasteiger partial charge >= 0.3 is 12.4 Å². The number of benzene rings is 1. The number of anilines is 1. The number of alkyl halides is 6. The molecule has 0 bridgehead atoms. The highest BCUT2D eigenvalue weighted by molar-refractivity contribution is 7.13. The summed E-state index contributed by atoms with van der Waals surface area (Å²) < 4.78 is 76.0. The van der Waals surface area contributed by atoms with E-state index in [0.717, 1.165) is 11.3 Å². The SMILES string of the molecule is O=C(Nc1nccs1)c1cc(C(F)(F)F)cc(C(F)(F)F)c1. The minimum absolute atomic E-state index is 0.0415. The summed E-state index contributed by atoms with van der Waals surface area (Å²) in [7, 11) is 0. The lowest BCUT2D eigenvalue weighted by molar-refractivity contribution is -0.143. The van der Waals surface area contributed by atoms with Crippen molar-refractivity contribution in [2.45, 2.75) is 12.4 Å². The molecule has 1 N–H and O–H groups in total. The van der Waals surface area contributed by atoms with Crippen LogP contribution in [0.3, 0.4) is 0 Å². The molecule has 0 radical (unpaired) electrons. The Morgan fingerprint density at radius 3 is 1.95 bits per heavy atom. The van der Waals surface area contributed by atoms with Gasteiger partial charge in [-0.05, 0) is 18.2 Å². The van der Waals surface area contributed by atoms with Crippen LogP contribution in [0, 0.1) is 0 Å². The summed E-state index contributed by atoms with van der Waals surface area (Å²) in [6.45, 7) is 0. The van der Waals surface area contributed by atoms with Crippen molar-refractivity contribution in [1.82, 2.24) is 4.98 Å². The van der Waals surface area contributed by atoms with E-state index in [2.05, 4.69) is 10.3 Å². The molecular weight excluding hydrogens is 334 g/mol. The maximum absolute atomic E-state index is 12.7.